The van der Waals surface area contributed by atoms with Crippen LogP contribution in [0.15, 0.2) is 18.2 Å². The van der Waals surface area contributed by atoms with Crippen LogP contribution >= 0.6 is 0 Å². The van der Waals surface area contributed by atoms with E-state index in [-0.39, 0.29) is 5.92 Å². The fourth-order valence-corrected chi connectivity index (χ4v) is 2.00. The SMILES string of the molecule is COc1cccc(OC)c1[NH+]=C(N)[C@H]1CCOC1. The molecule has 0 unspecified atom stereocenters. The summed E-state index contributed by atoms with van der Waals surface area (Å²) in [5.74, 6) is 2.34. The molecule has 5 nitrogen and oxygen atoms in total. The maximum absolute atomic E-state index is 6.07. The molecule has 0 aromatic heterocycles. The van der Waals surface area contributed by atoms with E-state index >= 15 is 0 Å². The molecule has 1 saturated heterocycles. The average Bonchev–Trinajstić information content (AvgIpc) is 2.93. The molecule has 18 heavy (non-hydrogen) atoms. The van der Waals surface area contributed by atoms with E-state index in [1.807, 2.05) is 18.2 Å². The molecule has 1 aliphatic heterocycles. The number of amidine groups is 1. The van der Waals surface area contributed by atoms with Crippen LogP contribution in [-0.2, 0) is 4.74 Å². The van der Waals surface area contributed by atoms with Crippen molar-refractivity contribution in [3.05, 3.63) is 18.2 Å². The van der Waals surface area contributed by atoms with Gasteiger partial charge in [-0.25, -0.2) is 4.99 Å². The molecular formula is C13H19N2O3+. The van der Waals surface area contributed by atoms with Crippen LogP contribution in [-0.4, -0.2) is 33.3 Å². The van der Waals surface area contributed by atoms with Crippen molar-refractivity contribution < 1.29 is 19.2 Å². The Kier molecular flexibility index (Phi) is 4.04. The lowest BCUT2D eigenvalue weighted by Crippen LogP contribution is -2.71. The Labute approximate surface area is 107 Å². The van der Waals surface area contributed by atoms with E-state index in [0.29, 0.717) is 23.9 Å². The van der Waals surface area contributed by atoms with Crippen molar-refractivity contribution >= 4 is 11.5 Å². The third-order valence-electron chi connectivity index (χ3n) is 3.07. The van der Waals surface area contributed by atoms with Crippen LogP contribution in [0, 0.1) is 5.92 Å². The van der Waals surface area contributed by atoms with Gasteiger partial charge in [-0.3, -0.25) is 5.73 Å². The number of rotatable bonds is 4. The van der Waals surface area contributed by atoms with E-state index in [2.05, 4.69) is 4.99 Å². The quantitative estimate of drug-likeness (QED) is 0.575. The lowest BCUT2D eigenvalue weighted by atomic mass is 10.1. The lowest BCUT2D eigenvalue weighted by molar-refractivity contribution is -0.360. The van der Waals surface area contributed by atoms with E-state index in [0.717, 1.165) is 18.7 Å². The molecule has 3 N–H and O–H groups in total. The van der Waals surface area contributed by atoms with Gasteiger partial charge in [-0.15, -0.1) is 0 Å². The van der Waals surface area contributed by atoms with Crippen molar-refractivity contribution in [1.29, 1.82) is 0 Å². The molecule has 1 heterocycles. The minimum atomic E-state index is 0.236. The summed E-state index contributed by atoms with van der Waals surface area (Å²) in [7, 11) is 3.24. The standard InChI is InChI=1S/C13H18N2O3/c1-16-10-4-3-5-11(17-2)12(10)15-13(14)9-6-7-18-8-9/h3-5,9H,6-8H2,1-2H3,(H2,14,15)/p+1/t9-/m0/s1. The second kappa shape index (κ2) is 5.73. The molecule has 1 atom stereocenters. The molecule has 5 heteroatoms. The Morgan fingerprint density at radius 2 is 2.00 bits per heavy atom. The second-order valence-electron chi connectivity index (χ2n) is 4.18. The zero-order chi connectivity index (χ0) is 13.0. The second-order valence-corrected chi connectivity index (χ2v) is 4.18. The topological polar surface area (TPSA) is 67.7 Å². The van der Waals surface area contributed by atoms with Gasteiger partial charge >= 0.3 is 0 Å². The molecule has 1 aliphatic rings. The molecule has 0 amide bonds. The van der Waals surface area contributed by atoms with Gasteiger partial charge in [0.1, 0.15) is 0 Å². The van der Waals surface area contributed by atoms with Crippen LogP contribution in [0.3, 0.4) is 0 Å². The highest BCUT2D eigenvalue weighted by molar-refractivity contribution is 5.79. The van der Waals surface area contributed by atoms with Gasteiger partial charge in [0.2, 0.25) is 5.69 Å². The van der Waals surface area contributed by atoms with E-state index in [4.69, 9.17) is 19.9 Å². The Morgan fingerprint density at radius 3 is 2.50 bits per heavy atom. The van der Waals surface area contributed by atoms with E-state index in [1.165, 1.54) is 0 Å². The fraction of sp³-hybridized carbons (Fsp3) is 0.462. The molecule has 0 aliphatic carbocycles. The van der Waals surface area contributed by atoms with Crippen LogP contribution in [0.1, 0.15) is 6.42 Å². The number of ether oxygens (including phenoxy) is 3. The Morgan fingerprint density at radius 1 is 1.33 bits per heavy atom. The third-order valence-corrected chi connectivity index (χ3v) is 3.07. The summed E-state index contributed by atoms with van der Waals surface area (Å²) in [4.78, 5) is 3.19. The summed E-state index contributed by atoms with van der Waals surface area (Å²) < 4.78 is 15.9. The number of nitrogens with two attached hydrogens (primary N) is 1. The summed E-state index contributed by atoms with van der Waals surface area (Å²) in [6.45, 7) is 1.42. The van der Waals surface area contributed by atoms with E-state index in [1.54, 1.807) is 14.2 Å². The van der Waals surface area contributed by atoms with Gasteiger partial charge in [0, 0.05) is 6.61 Å². The van der Waals surface area contributed by atoms with Crippen LogP contribution in [0.25, 0.3) is 0 Å². The average molecular weight is 251 g/mol. The molecule has 1 aromatic rings. The van der Waals surface area contributed by atoms with Crippen molar-refractivity contribution in [2.75, 3.05) is 27.4 Å². The Balaban J connectivity index is 2.33. The maximum atomic E-state index is 6.07. The lowest BCUT2D eigenvalue weighted by Gasteiger charge is -2.08. The smallest absolute Gasteiger partial charge is 0.251 e. The number of benzene rings is 1. The monoisotopic (exact) mass is 251 g/mol. The minimum Gasteiger partial charge on any atom is -0.492 e. The van der Waals surface area contributed by atoms with E-state index < -0.39 is 0 Å². The predicted molar refractivity (Wildman–Crippen MR) is 68.3 cm³/mol. The van der Waals surface area contributed by atoms with Gasteiger partial charge in [-0.1, -0.05) is 6.07 Å². The summed E-state index contributed by atoms with van der Waals surface area (Å²) in [6, 6.07) is 5.60. The van der Waals surface area contributed by atoms with Gasteiger partial charge in [0.05, 0.1) is 26.7 Å². The van der Waals surface area contributed by atoms with E-state index in [9.17, 15) is 0 Å². The zero-order valence-corrected chi connectivity index (χ0v) is 10.7. The van der Waals surface area contributed by atoms with Crippen molar-refractivity contribution in [3.8, 4) is 11.5 Å². The van der Waals surface area contributed by atoms with Crippen molar-refractivity contribution in [1.82, 2.24) is 0 Å². The highest BCUT2D eigenvalue weighted by atomic mass is 16.5. The number of methoxy groups -OCH3 is 2. The summed E-state index contributed by atoms with van der Waals surface area (Å²) in [6.07, 6.45) is 0.941. The molecule has 0 saturated carbocycles. The molecule has 1 aromatic carbocycles. The Bertz CT molecular complexity index is 418. The molecule has 1 fully saturated rings. The molecule has 0 radical (unpaired) electrons. The highest BCUT2D eigenvalue weighted by Gasteiger charge is 2.24. The van der Waals surface area contributed by atoms with Crippen LogP contribution in [0.5, 0.6) is 11.5 Å². The van der Waals surface area contributed by atoms with Gasteiger partial charge in [0.15, 0.2) is 11.5 Å². The third kappa shape index (κ3) is 2.56. The van der Waals surface area contributed by atoms with Crippen molar-refractivity contribution in [3.63, 3.8) is 0 Å². The molecular weight excluding hydrogens is 232 g/mol. The molecule has 0 spiro atoms. The minimum absolute atomic E-state index is 0.236. The number of nitrogens with one attached hydrogen (secondary N) is 1. The van der Waals surface area contributed by atoms with Gasteiger partial charge in [-0.05, 0) is 18.6 Å². The Hall–Kier alpha value is -1.75. The van der Waals surface area contributed by atoms with Gasteiger partial charge < -0.3 is 14.2 Å². The largest absolute Gasteiger partial charge is 0.492 e. The van der Waals surface area contributed by atoms with Crippen LogP contribution in [0.4, 0.5) is 5.69 Å². The normalized spacial score (nSPS) is 19.9. The first kappa shape index (κ1) is 12.7. The van der Waals surface area contributed by atoms with Crippen molar-refractivity contribution in [2.24, 2.45) is 11.7 Å². The summed E-state index contributed by atoms with van der Waals surface area (Å²) in [5.41, 5.74) is 6.83. The molecule has 0 bridgehead atoms. The zero-order valence-electron chi connectivity index (χ0n) is 10.7. The van der Waals surface area contributed by atoms with Gasteiger partial charge in [-0.2, -0.15) is 0 Å². The predicted octanol–water partition coefficient (Wildman–Crippen LogP) is -0.190. The fourth-order valence-electron chi connectivity index (χ4n) is 2.00. The highest BCUT2D eigenvalue weighted by Crippen LogP contribution is 2.29. The van der Waals surface area contributed by atoms with Crippen molar-refractivity contribution in [2.45, 2.75) is 6.42 Å². The summed E-state index contributed by atoms with van der Waals surface area (Å²) in [5, 5.41) is 0. The first-order chi connectivity index (χ1) is 8.76. The first-order valence-electron chi connectivity index (χ1n) is 5.94. The van der Waals surface area contributed by atoms with Gasteiger partial charge in [0.25, 0.3) is 5.84 Å². The summed E-state index contributed by atoms with van der Waals surface area (Å²) >= 11 is 0. The number of hydrogen-bond acceptors (Lipinski definition) is 3. The molecule has 98 valence electrons. The first-order valence-corrected chi connectivity index (χ1v) is 5.94. The van der Waals surface area contributed by atoms with Crippen LogP contribution < -0.4 is 20.2 Å². The maximum Gasteiger partial charge on any atom is 0.251 e. The number of para-hydroxylation sites is 1. The number of hydrogen-bond donors (Lipinski definition) is 2. The molecule has 2 rings (SSSR count). The van der Waals surface area contributed by atoms with Crippen LogP contribution in [0.2, 0.25) is 0 Å².